The van der Waals surface area contributed by atoms with Crippen molar-refractivity contribution in [3.8, 4) is 17.2 Å². The van der Waals surface area contributed by atoms with Gasteiger partial charge >= 0.3 is 11.9 Å². The molecule has 0 radical (unpaired) electrons. The molecule has 210 valence electrons. The second-order valence-corrected chi connectivity index (χ2v) is 8.78. The first-order valence-electron chi connectivity index (χ1n) is 12.8. The first-order valence-corrected chi connectivity index (χ1v) is 12.8. The number of ether oxygens (including phenoxy) is 4. The minimum atomic E-state index is -0.549. The molecule has 41 heavy (non-hydrogen) atoms. The van der Waals surface area contributed by atoms with Crippen LogP contribution in [0.3, 0.4) is 0 Å². The molecule has 0 heterocycles. The van der Waals surface area contributed by atoms with Crippen LogP contribution in [-0.2, 0) is 9.53 Å². The molecule has 4 aromatic carbocycles. The first kappa shape index (κ1) is 30.5. The minimum absolute atomic E-state index is 0.303. The van der Waals surface area contributed by atoms with Crippen LogP contribution in [-0.4, -0.2) is 44.8 Å². The van der Waals surface area contributed by atoms with Gasteiger partial charge in [-0.25, -0.2) is 9.59 Å². The lowest BCUT2D eigenvalue weighted by molar-refractivity contribution is -0.104. The number of hydrogen-bond donors (Lipinski definition) is 1. The number of methoxy groups -OCH3 is 1. The van der Waals surface area contributed by atoms with Crippen LogP contribution >= 0.6 is 0 Å². The zero-order valence-corrected chi connectivity index (χ0v) is 22.9. The lowest BCUT2D eigenvalue weighted by Gasteiger charge is -2.11. The number of nitrogens with one attached hydrogen (secondary N) is 1. The normalized spacial score (nSPS) is 10.1. The minimum Gasteiger partial charge on any atom is -0.493 e. The summed E-state index contributed by atoms with van der Waals surface area (Å²) in [5, 5.41) is 9.26. The highest BCUT2D eigenvalue weighted by molar-refractivity contribution is 5.98. The molecule has 1 N–H and O–H groups in total. The predicted octanol–water partition coefficient (Wildman–Crippen LogP) is 6.37. The van der Waals surface area contributed by atoms with Crippen molar-refractivity contribution in [3.05, 3.63) is 114 Å². The third-order valence-corrected chi connectivity index (χ3v) is 5.74. The summed E-state index contributed by atoms with van der Waals surface area (Å²) in [5.41, 5.74) is 2.28. The maximum absolute atomic E-state index is 12.8. The van der Waals surface area contributed by atoms with E-state index >= 15 is 0 Å². The third-order valence-electron chi connectivity index (χ3n) is 5.74. The Kier molecular flexibility index (Phi) is 11.5. The Morgan fingerprint density at radius 1 is 0.805 bits per heavy atom. The zero-order chi connectivity index (χ0) is 29.6. The standard InChI is InChI=1S/C30H27NO6.C3H4O/c1-20-4-10-26(11-5-20)36-29(32)23-7-6-22-18-27(12-8-21(22)16-23)37-30(33)24-9-13-28(25(17-24)19-31)35-15-3-14-34-2;1-2-3-4/h4-13,16-19,31H,3,14-15H2,1-2H3;2-3H,1H2. The average molecular weight is 554 g/mol. The van der Waals surface area contributed by atoms with Gasteiger partial charge in [-0.2, -0.15) is 0 Å². The zero-order valence-electron chi connectivity index (χ0n) is 22.9. The number of carbonyl (C=O) groups excluding carboxylic acids is 3. The molecule has 0 aromatic heterocycles. The molecule has 0 amide bonds. The number of hydrogen-bond acceptors (Lipinski definition) is 8. The van der Waals surface area contributed by atoms with Crippen molar-refractivity contribution in [2.45, 2.75) is 13.3 Å². The van der Waals surface area contributed by atoms with Gasteiger partial charge in [0.2, 0.25) is 0 Å². The molecule has 0 fully saturated rings. The van der Waals surface area contributed by atoms with Crippen LogP contribution in [0.1, 0.15) is 38.3 Å². The van der Waals surface area contributed by atoms with Crippen molar-refractivity contribution >= 4 is 35.2 Å². The fourth-order valence-corrected chi connectivity index (χ4v) is 3.66. The Balaban J connectivity index is 0.00000108. The molecule has 8 heteroatoms. The molecular weight excluding hydrogens is 522 g/mol. The fraction of sp³-hybridized carbons (Fsp3) is 0.152. The molecule has 0 spiro atoms. The van der Waals surface area contributed by atoms with E-state index in [-0.39, 0.29) is 0 Å². The quantitative estimate of drug-likeness (QED) is 0.0573. The van der Waals surface area contributed by atoms with E-state index in [0.717, 1.165) is 29.0 Å². The van der Waals surface area contributed by atoms with Gasteiger partial charge < -0.3 is 24.4 Å². The van der Waals surface area contributed by atoms with E-state index in [1.165, 1.54) is 6.08 Å². The van der Waals surface area contributed by atoms with Crippen LogP contribution in [0.15, 0.2) is 91.5 Å². The van der Waals surface area contributed by atoms with Gasteiger partial charge in [-0.05, 0) is 78.4 Å². The van der Waals surface area contributed by atoms with Gasteiger partial charge in [-0.1, -0.05) is 36.4 Å². The summed E-state index contributed by atoms with van der Waals surface area (Å²) in [6.07, 6.45) is 3.69. The highest BCUT2D eigenvalue weighted by atomic mass is 16.5. The SMILES string of the molecule is C=CC=O.COCCCOc1ccc(C(=O)Oc2ccc3cc(C(=O)Oc4ccc(C)cc4)ccc3c2)cc1C=N. The van der Waals surface area contributed by atoms with Gasteiger partial charge in [-0.3, -0.25) is 4.79 Å². The molecule has 8 nitrogen and oxygen atoms in total. The molecular formula is C33H31NO7. The third kappa shape index (κ3) is 8.98. The second-order valence-electron chi connectivity index (χ2n) is 8.78. The monoisotopic (exact) mass is 553 g/mol. The Labute approximate surface area is 238 Å². The van der Waals surface area contributed by atoms with E-state index in [9.17, 15) is 9.59 Å². The molecule has 4 rings (SSSR count). The van der Waals surface area contributed by atoms with Crippen LogP contribution in [0.5, 0.6) is 17.2 Å². The van der Waals surface area contributed by atoms with Crippen LogP contribution in [0.4, 0.5) is 0 Å². The lowest BCUT2D eigenvalue weighted by Crippen LogP contribution is -2.10. The summed E-state index contributed by atoms with van der Waals surface area (Å²) in [6, 6.07) is 22.5. The molecule has 0 saturated heterocycles. The summed E-state index contributed by atoms with van der Waals surface area (Å²) in [5.74, 6) is 0.365. The van der Waals surface area contributed by atoms with Gasteiger partial charge in [0.15, 0.2) is 0 Å². The van der Waals surface area contributed by atoms with E-state index < -0.39 is 11.9 Å². The van der Waals surface area contributed by atoms with E-state index in [0.29, 0.717) is 53.4 Å². The second kappa shape index (κ2) is 15.5. The van der Waals surface area contributed by atoms with E-state index in [1.807, 2.05) is 19.1 Å². The highest BCUT2D eigenvalue weighted by Crippen LogP contribution is 2.25. The van der Waals surface area contributed by atoms with Crippen molar-refractivity contribution < 1.29 is 33.3 Å². The van der Waals surface area contributed by atoms with Crippen molar-refractivity contribution in [1.29, 1.82) is 5.41 Å². The molecule has 0 unspecified atom stereocenters. The van der Waals surface area contributed by atoms with Gasteiger partial charge in [-0.15, -0.1) is 0 Å². The number of carbonyl (C=O) groups is 3. The summed E-state index contributed by atoms with van der Waals surface area (Å²) < 4.78 is 21.7. The number of fused-ring (bicyclic) bond motifs is 1. The van der Waals surface area contributed by atoms with E-state index in [4.69, 9.17) is 29.2 Å². The largest absolute Gasteiger partial charge is 0.493 e. The van der Waals surface area contributed by atoms with Gasteiger partial charge in [0.1, 0.15) is 23.5 Å². The van der Waals surface area contributed by atoms with Crippen molar-refractivity contribution in [1.82, 2.24) is 0 Å². The molecule has 0 aliphatic heterocycles. The number of aryl methyl sites for hydroxylation is 1. The topological polar surface area (TPSA) is 112 Å². The maximum atomic E-state index is 12.8. The Bertz CT molecular complexity index is 1520. The van der Waals surface area contributed by atoms with Gasteiger partial charge in [0.25, 0.3) is 0 Å². The van der Waals surface area contributed by atoms with Crippen LogP contribution in [0.2, 0.25) is 0 Å². The summed E-state index contributed by atoms with van der Waals surface area (Å²) in [7, 11) is 1.62. The number of allylic oxidation sites excluding steroid dienone is 1. The molecule has 4 aromatic rings. The van der Waals surface area contributed by atoms with E-state index in [1.54, 1.807) is 73.8 Å². The maximum Gasteiger partial charge on any atom is 0.343 e. The lowest BCUT2D eigenvalue weighted by atomic mass is 10.1. The fourth-order valence-electron chi connectivity index (χ4n) is 3.66. The molecule has 0 aliphatic rings. The molecule has 0 aliphatic carbocycles. The van der Waals surface area contributed by atoms with Crippen LogP contribution in [0.25, 0.3) is 10.8 Å². The van der Waals surface area contributed by atoms with Gasteiger partial charge in [0.05, 0.1) is 17.7 Å². The Morgan fingerprint density at radius 2 is 1.39 bits per heavy atom. The molecule has 0 bridgehead atoms. The number of benzene rings is 4. The first-order chi connectivity index (χ1) is 19.9. The smallest absolute Gasteiger partial charge is 0.343 e. The summed E-state index contributed by atoms with van der Waals surface area (Å²) in [6.45, 7) is 6.10. The van der Waals surface area contributed by atoms with Crippen molar-refractivity contribution in [3.63, 3.8) is 0 Å². The Hall–Kier alpha value is -5.08. The van der Waals surface area contributed by atoms with E-state index in [2.05, 4.69) is 6.58 Å². The number of rotatable bonds is 11. The Morgan fingerprint density at radius 3 is 2.05 bits per heavy atom. The van der Waals surface area contributed by atoms with Crippen molar-refractivity contribution in [2.24, 2.45) is 0 Å². The average Bonchev–Trinajstić information content (AvgIpc) is 3.00. The number of esters is 2. The van der Waals surface area contributed by atoms with Gasteiger partial charge in [0, 0.05) is 31.9 Å². The van der Waals surface area contributed by atoms with Crippen LogP contribution in [0, 0.1) is 12.3 Å². The van der Waals surface area contributed by atoms with Crippen LogP contribution < -0.4 is 14.2 Å². The predicted molar refractivity (Wildman–Crippen MR) is 158 cm³/mol. The van der Waals surface area contributed by atoms with Crippen molar-refractivity contribution in [2.75, 3.05) is 20.3 Å². The molecule has 0 saturated carbocycles. The molecule has 0 atom stereocenters. The highest BCUT2D eigenvalue weighted by Gasteiger charge is 2.14. The summed E-state index contributed by atoms with van der Waals surface area (Å²) >= 11 is 0. The summed E-state index contributed by atoms with van der Waals surface area (Å²) in [4.78, 5) is 34.4. The number of aldehydes is 1.